The first kappa shape index (κ1) is 10.3. The fraction of sp³-hybridized carbons (Fsp3) is 0.182. The predicted molar refractivity (Wildman–Crippen MR) is 51.8 cm³/mol. The van der Waals surface area contributed by atoms with Crippen molar-refractivity contribution in [1.29, 1.82) is 0 Å². The van der Waals surface area contributed by atoms with Crippen molar-refractivity contribution in [3.8, 4) is 11.8 Å². The van der Waals surface area contributed by atoms with Crippen LogP contribution in [0.25, 0.3) is 0 Å². The average molecular weight is 191 g/mol. The molecular formula is C11H10FNO. The van der Waals surface area contributed by atoms with Crippen LogP contribution in [0.5, 0.6) is 0 Å². The molecule has 0 saturated carbocycles. The second kappa shape index (κ2) is 4.43. The molecular weight excluding hydrogens is 181 g/mol. The summed E-state index contributed by atoms with van der Waals surface area (Å²) < 4.78 is 13.2. The van der Waals surface area contributed by atoms with Crippen LogP contribution in [0.3, 0.4) is 0 Å². The summed E-state index contributed by atoms with van der Waals surface area (Å²) in [7, 11) is 0. The van der Waals surface area contributed by atoms with Crippen molar-refractivity contribution in [1.82, 2.24) is 0 Å². The van der Waals surface area contributed by atoms with Crippen LogP contribution >= 0.6 is 0 Å². The smallest absolute Gasteiger partial charge is 0.229 e. The summed E-state index contributed by atoms with van der Waals surface area (Å²) in [6.45, 7) is 1.76. The zero-order valence-corrected chi connectivity index (χ0v) is 7.80. The third-order valence-corrected chi connectivity index (χ3v) is 1.70. The summed E-state index contributed by atoms with van der Waals surface area (Å²) in [6.07, 6.45) is -0.0478. The second-order valence-electron chi connectivity index (χ2n) is 2.88. The Morgan fingerprint density at radius 2 is 2.29 bits per heavy atom. The van der Waals surface area contributed by atoms with Gasteiger partial charge in [-0.25, -0.2) is 4.39 Å². The molecule has 0 saturated heterocycles. The number of carbonyl (C=O) groups is 1. The van der Waals surface area contributed by atoms with Crippen LogP contribution in [0.15, 0.2) is 18.2 Å². The van der Waals surface area contributed by atoms with E-state index in [1.807, 2.05) is 0 Å². The quantitative estimate of drug-likeness (QED) is 0.669. The Bertz CT molecular complexity index is 395. The molecule has 2 nitrogen and oxygen atoms in total. The number of hydrogen-bond acceptors (Lipinski definition) is 1. The molecule has 1 amide bonds. The molecule has 0 spiro atoms. The predicted octanol–water partition coefficient (Wildman–Crippen LogP) is 1.36. The van der Waals surface area contributed by atoms with Crippen LogP contribution in [-0.2, 0) is 4.79 Å². The first-order valence-corrected chi connectivity index (χ1v) is 4.13. The van der Waals surface area contributed by atoms with Crippen molar-refractivity contribution in [3.05, 3.63) is 35.1 Å². The minimum absolute atomic E-state index is 0.0478. The van der Waals surface area contributed by atoms with Crippen LogP contribution in [-0.4, -0.2) is 5.91 Å². The van der Waals surface area contributed by atoms with Gasteiger partial charge in [-0.1, -0.05) is 24.0 Å². The lowest BCUT2D eigenvalue weighted by Crippen LogP contribution is -2.08. The number of hydrogen-bond donors (Lipinski definition) is 1. The molecule has 0 aromatic heterocycles. The Morgan fingerprint density at radius 3 is 2.86 bits per heavy atom. The minimum Gasteiger partial charge on any atom is -0.369 e. The Morgan fingerprint density at radius 1 is 1.57 bits per heavy atom. The lowest BCUT2D eigenvalue weighted by Gasteiger charge is -1.97. The number of benzene rings is 1. The molecule has 0 bridgehead atoms. The van der Waals surface area contributed by atoms with Gasteiger partial charge >= 0.3 is 0 Å². The maximum atomic E-state index is 13.2. The van der Waals surface area contributed by atoms with Crippen molar-refractivity contribution < 1.29 is 9.18 Å². The highest BCUT2D eigenvalue weighted by Crippen LogP contribution is 2.10. The van der Waals surface area contributed by atoms with Gasteiger partial charge < -0.3 is 5.73 Å². The third-order valence-electron chi connectivity index (χ3n) is 1.70. The molecule has 1 aromatic rings. The molecule has 0 heterocycles. The van der Waals surface area contributed by atoms with Crippen molar-refractivity contribution >= 4 is 5.91 Å². The fourth-order valence-electron chi connectivity index (χ4n) is 1.01. The first-order valence-electron chi connectivity index (χ1n) is 4.13. The van der Waals surface area contributed by atoms with Gasteiger partial charge in [0.2, 0.25) is 5.91 Å². The van der Waals surface area contributed by atoms with E-state index in [9.17, 15) is 9.18 Å². The van der Waals surface area contributed by atoms with E-state index >= 15 is 0 Å². The van der Waals surface area contributed by atoms with E-state index in [-0.39, 0.29) is 12.2 Å². The van der Waals surface area contributed by atoms with Crippen molar-refractivity contribution in [3.63, 3.8) is 0 Å². The second-order valence-corrected chi connectivity index (χ2v) is 2.88. The van der Waals surface area contributed by atoms with E-state index in [1.54, 1.807) is 19.1 Å². The highest BCUT2D eigenvalue weighted by molar-refractivity contribution is 5.76. The van der Waals surface area contributed by atoms with Crippen LogP contribution in [0.4, 0.5) is 4.39 Å². The molecule has 0 radical (unpaired) electrons. The van der Waals surface area contributed by atoms with Crippen LogP contribution < -0.4 is 5.73 Å². The first-order chi connectivity index (χ1) is 6.61. The zero-order chi connectivity index (χ0) is 10.6. The summed E-state index contributed by atoms with van der Waals surface area (Å²) in [5.74, 6) is 4.22. The maximum absolute atomic E-state index is 13.2. The number of halogens is 1. The number of rotatable bonds is 1. The highest BCUT2D eigenvalue weighted by Gasteiger charge is 2.00. The van der Waals surface area contributed by atoms with Gasteiger partial charge in [0, 0.05) is 0 Å². The topological polar surface area (TPSA) is 43.1 Å². The van der Waals surface area contributed by atoms with Gasteiger partial charge in [0.25, 0.3) is 0 Å². The molecule has 0 aliphatic carbocycles. The van der Waals surface area contributed by atoms with E-state index in [0.29, 0.717) is 5.56 Å². The zero-order valence-electron chi connectivity index (χ0n) is 7.80. The molecule has 1 rings (SSSR count). The fourth-order valence-corrected chi connectivity index (χ4v) is 1.01. The molecule has 0 aliphatic rings. The van der Waals surface area contributed by atoms with E-state index in [4.69, 9.17) is 5.73 Å². The number of carbonyl (C=O) groups excluding carboxylic acids is 1. The van der Waals surface area contributed by atoms with E-state index in [0.717, 1.165) is 5.56 Å². The van der Waals surface area contributed by atoms with Crippen molar-refractivity contribution in [2.24, 2.45) is 5.73 Å². The maximum Gasteiger partial charge on any atom is 0.229 e. The van der Waals surface area contributed by atoms with Gasteiger partial charge in [0.15, 0.2) is 0 Å². The summed E-state index contributed by atoms with van der Waals surface area (Å²) in [5.41, 5.74) is 5.98. The molecule has 0 unspecified atom stereocenters. The molecule has 14 heavy (non-hydrogen) atoms. The van der Waals surface area contributed by atoms with E-state index in [1.165, 1.54) is 6.07 Å². The monoisotopic (exact) mass is 191 g/mol. The van der Waals surface area contributed by atoms with Gasteiger partial charge in [-0.2, -0.15) is 0 Å². The van der Waals surface area contributed by atoms with Gasteiger partial charge in [0.05, 0.1) is 12.0 Å². The molecule has 2 N–H and O–H groups in total. The molecule has 72 valence electrons. The SMILES string of the molecule is Cc1cccc(F)c1C#CCC(N)=O. The largest absolute Gasteiger partial charge is 0.369 e. The van der Waals surface area contributed by atoms with Gasteiger partial charge in [-0.15, -0.1) is 0 Å². The molecule has 3 heteroatoms. The molecule has 1 aromatic carbocycles. The van der Waals surface area contributed by atoms with Gasteiger partial charge in [0.1, 0.15) is 5.82 Å². The minimum atomic E-state index is -0.508. The lowest BCUT2D eigenvalue weighted by molar-refractivity contribution is -0.117. The molecule has 0 fully saturated rings. The van der Waals surface area contributed by atoms with Crippen LogP contribution in [0.2, 0.25) is 0 Å². The number of aryl methyl sites for hydroxylation is 1. The Labute approximate surface area is 81.9 Å². The number of primary amides is 1. The number of amides is 1. The van der Waals surface area contributed by atoms with Gasteiger partial charge in [-0.3, -0.25) is 4.79 Å². The van der Waals surface area contributed by atoms with Crippen molar-refractivity contribution in [2.75, 3.05) is 0 Å². The van der Waals surface area contributed by atoms with Crippen molar-refractivity contribution in [2.45, 2.75) is 13.3 Å². The Hall–Kier alpha value is -1.82. The van der Waals surface area contributed by atoms with Crippen LogP contribution in [0, 0.1) is 24.6 Å². The molecule has 0 atom stereocenters. The Balaban J connectivity index is 2.94. The van der Waals surface area contributed by atoms with E-state index in [2.05, 4.69) is 11.8 Å². The lowest BCUT2D eigenvalue weighted by atomic mass is 10.1. The van der Waals surface area contributed by atoms with Gasteiger partial charge in [-0.05, 0) is 18.6 Å². The summed E-state index contributed by atoms with van der Waals surface area (Å²) in [6, 6.07) is 4.71. The molecule has 0 aliphatic heterocycles. The normalized spacial score (nSPS) is 9.00. The average Bonchev–Trinajstić information content (AvgIpc) is 2.09. The Kier molecular flexibility index (Phi) is 3.24. The van der Waals surface area contributed by atoms with Crippen LogP contribution in [0.1, 0.15) is 17.5 Å². The number of nitrogens with two attached hydrogens (primary N) is 1. The standard InChI is InChI=1S/C11H10FNO/c1-8-4-2-6-10(12)9(8)5-3-7-11(13)14/h2,4,6H,7H2,1H3,(H2,13,14). The van der Waals surface area contributed by atoms with E-state index < -0.39 is 5.91 Å². The third kappa shape index (κ3) is 2.60. The highest BCUT2D eigenvalue weighted by atomic mass is 19.1. The summed E-state index contributed by atoms with van der Waals surface area (Å²) in [5, 5.41) is 0. The summed E-state index contributed by atoms with van der Waals surface area (Å²) in [4.78, 5) is 10.4. The summed E-state index contributed by atoms with van der Waals surface area (Å²) >= 11 is 0.